The summed E-state index contributed by atoms with van der Waals surface area (Å²) in [7, 11) is 0. The van der Waals surface area contributed by atoms with Crippen LogP contribution >= 0.6 is 0 Å². The monoisotopic (exact) mass is 290 g/mol. The lowest BCUT2D eigenvalue weighted by Gasteiger charge is -2.28. The van der Waals surface area contributed by atoms with Gasteiger partial charge >= 0.3 is 12.0 Å². The number of urea groups is 1. The van der Waals surface area contributed by atoms with Gasteiger partial charge in [-0.1, -0.05) is 25.1 Å². The van der Waals surface area contributed by atoms with Crippen molar-refractivity contribution in [1.82, 2.24) is 5.32 Å². The number of benzene rings is 1. The summed E-state index contributed by atoms with van der Waals surface area (Å²) in [6.07, 6.45) is 0.866. The second-order valence-corrected chi connectivity index (χ2v) is 6.13. The molecule has 5 nitrogen and oxygen atoms in total. The molecule has 0 aromatic heterocycles. The first-order valence-corrected chi connectivity index (χ1v) is 7.24. The second-order valence-electron chi connectivity index (χ2n) is 6.13. The number of hydrogen-bond donors (Lipinski definition) is 2. The Bertz CT molecular complexity index is 554. The van der Waals surface area contributed by atoms with Gasteiger partial charge in [-0.05, 0) is 31.9 Å². The van der Waals surface area contributed by atoms with Crippen LogP contribution in [0.3, 0.4) is 0 Å². The summed E-state index contributed by atoms with van der Waals surface area (Å²) in [5.74, 6) is -0.986. The summed E-state index contributed by atoms with van der Waals surface area (Å²) in [5, 5.41) is 12.0. The highest BCUT2D eigenvalue weighted by Crippen LogP contribution is 2.38. The third-order valence-electron chi connectivity index (χ3n) is 4.07. The number of carboxylic acid groups (broad SMARTS) is 1. The third-order valence-corrected chi connectivity index (χ3v) is 4.07. The van der Waals surface area contributed by atoms with E-state index >= 15 is 0 Å². The highest BCUT2D eigenvalue weighted by Gasteiger charge is 2.34. The summed E-state index contributed by atoms with van der Waals surface area (Å²) in [6, 6.07) is 7.36. The Hall–Kier alpha value is -2.04. The highest BCUT2D eigenvalue weighted by molar-refractivity contribution is 5.95. The minimum Gasteiger partial charge on any atom is -0.481 e. The average Bonchev–Trinajstić information content (AvgIpc) is 2.77. The number of carbonyl (C=O) groups is 2. The quantitative estimate of drug-likeness (QED) is 0.895. The molecule has 1 aliphatic heterocycles. The van der Waals surface area contributed by atoms with Crippen LogP contribution in [0.1, 0.15) is 45.1 Å². The molecule has 21 heavy (non-hydrogen) atoms. The van der Waals surface area contributed by atoms with Gasteiger partial charge in [-0.25, -0.2) is 4.79 Å². The lowest BCUT2D eigenvalue weighted by Crippen LogP contribution is -2.49. The van der Waals surface area contributed by atoms with Crippen LogP contribution in [0.15, 0.2) is 24.3 Å². The van der Waals surface area contributed by atoms with Crippen LogP contribution in [-0.4, -0.2) is 29.2 Å². The van der Waals surface area contributed by atoms with Crippen LogP contribution < -0.4 is 10.2 Å². The van der Waals surface area contributed by atoms with E-state index in [1.165, 1.54) is 0 Å². The van der Waals surface area contributed by atoms with Crippen molar-refractivity contribution in [2.75, 3.05) is 11.4 Å². The number of anilines is 1. The molecule has 0 radical (unpaired) electrons. The molecule has 0 fully saturated rings. The van der Waals surface area contributed by atoms with Gasteiger partial charge in [0.15, 0.2) is 0 Å². The number of nitrogens with one attached hydrogen (secondary N) is 1. The van der Waals surface area contributed by atoms with E-state index in [0.29, 0.717) is 6.54 Å². The van der Waals surface area contributed by atoms with Crippen LogP contribution in [0.2, 0.25) is 0 Å². The molecular weight excluding hydrogens is 268 g/mol. The second kappa shape index (κ2) is 5.76. The molecule has 114 valence electrons. The fourth-order valence-electron chi connectivity index (χ4n) is 2.52. The van der Waals surface area contributed by atoms with E-state index in [1.54, 1.807) is 4.90 Å². The van der Waals surface area contributed by atoms with Gasteiger partial charge in [-0.15, -0.1) is 0 Å². The highest BCUT2D eigenvalue weighted by atomic mass is 16.4. The predicted molar refractivity (Wildman–Crippen MR) is 81.7 cm³/mol. The van der Waals surface area contributed by atoms with E-state index in [-0.39, 0.29) is 23.9 Å². The Morgan fingerprint density at radius 3 is 2.67 bits per heavy atom. The Kier molecular flexibility index (Phi) is 4.21. The van der Waals surface area contributed by atoms with Gasteiger partial charge in [0.2, 0.25) is 0 Å². The smallest absolute Gasteiger partial charge is 0.322 e. The largest absolute Gasteiger partial charge is 0.481 e. The van der Waals surface area contributed by atoms with Crippen LogP contribution in [0.25, 0.3) is 0 Å². The standard InChI is InChI=1S/C16H22N2O3/c1-4-16(2,3)17-15(21)18-10-11(9-14(19)20)12-7-5-6-8-13(12)18/h5-8,11H,4,9-10H2,1-3H3,(H,17,21)(H,19,20). The lowest BCUT2D eigenvalue weighted by molar-refractivity contribution is -0.137. The van der Waals surface area contributed by atoms with E-state index in [0.717, 1.165) is 17.7 Å². The van der Waals surface area contributed by atoms with Gasteiger partial charge in [-0.2, -0.15) is 0 Å². The van der Waals surface area contributed by atoms with E-state index in [4.69, 9.17) is 5.11 Å². The zero-order chi connectivity index (χ0) is 15.6. The average molecular weight is 290 g/mol. The molecule has 1 atom stereocenters. The first-order valence-electron chi connectivity index (χ1n) is 7.24. The van der Waals surface area contributed by atoms with Gasteiger partial charge in [0.05, 0.1) is 6.42 Å². The van der Waals surface area contributed by atoms with Crippen LogP contribution in [-0.2, 0) is 4.79 Å². The summed E-state index contributed by atoms with van der Waals surface area (Å²) in [4.78, 5) is 25.1. The van der Waals surface area contributed by atoms with Gasteiger partial charge in [0.1, 0.15) is 0 Å². The van der Waals surface area contributed by atoms with Crippen molar-refractivity contribution >= 4 is 17.7 Å². The Morgan fingerprint density at radius 1 is 1.38 bits per heavy atom. The van der Waals surface area contributed by atoms with Crippen LogP contribution in [0.4, 0.5) is 10.5 Å². The number of nitrogens with zero attached hydrogens (tertiary/aromatic N) is 1. The molecular formula is C16H22N2O3. The number of para-hydroxylation sites is 1. The molecule has 0 saturated carbocycles. The fraction of sp³-hybridized carbons (Fsp3) is 0.500. The number of aliphatic carboxylic acids is 1. The Labute approximate surface area is 125 Å². The molecule has 0 bridgehead atoms. The van der Waals surface area contributed by atoms with Crippen molar-refractivity contribution in [3.8, 4) is 0 Å². The molecule has 0 saturated heterocycles. The Balaban J connectivity index is 2.22. The topological polar surface area (TPSA) is 69.6 Å². The Morgan fingerprint density at radius 2 is 2.05 bits per heavy atom. The molecule has 2 amide bonds. The zero-order valence-corrected chi connectivity index (χ0v) is 12.7. The maximum absolute atomic E-state index is 12.5. The van der Waals surface area contributed by atoms with Crippen molar-refractivity contribution in [2.45, 2.75) is 45.1 Å². The van der Waals surface area contributed by atoms with E-state index in [2.05, 4.69) is 5.32 Å². The maximum Gasteiger partial charge on any atom is 0.322 e. The number of carboxylic acids is 1. The number of hydrogen-bond acceptors (Lipinski definition) is 2. The first-order chi connectivity index (χ1) is 9.84. The SMILES string of the molecule is CCC(C)(C)NC(=O)N1CC(CC(=O)O)c2ccccc21. The van der Waals surface area contributed by atoms with Gasteiger partial charge < -0.3 is 10.4 Å². The molecule has 1 aromatic rings. The van der Waals surface area contributed by atoms with Gasteiger partial charge in [0.25, 0.3) is 0 Å². The molecule has 1 aliphatic rings. The lowest BCUT2D eigenvalue weighted by atomic mass is 9.98. The van der Waals surface area contributed by atoms with Crippen molar-refractivity contribution in [2.24, 2.45) is 0 Å². The summed E-state index contributed by atoms with van der Waals surface area (Å²) in [6.45, 7) is 6.38. The fourth-order valence-corrected chi connectivity index (χ4v) is 2.52. The predicted octanol–water partition coefficient (Wildman–Crippen LogP) is 2.96. The third kappa shape index (κ3) is 3.35. The molecule has 2 N–H and O–H groups in total. The molecule has 0 spiro atoms. The number of carbonyl (C=O) groups excluding carboxylic acids is 1. The number of amides is 2. The zero-order valence-electron chi connectivity index (χ0n) is 12.7. The molecule has 1 unspecified atom stereocenters. The van der Waals surface area contributed by atoms with Crippen LogP contribution in [0, 0.1) is 0 Å². The normalized spacial score (nSPS) is 17.5. The summed E-state index contributed by atoms with van der Waals surface area (Å²) >= 11 is 0. The minimum absolute atomic E-state index is 0.0396. The molecule has 2 rings (SSSR count). The molecule has 0 aliphatic carbocycles. The number of rotatable bonds is 4. The first kappa shape index (κ1) is 15.4. The van der Waals surface area contributed by atoms with Gasteiger partial charge in [0, 0.05) is 23.7 Å². The maximum atomic E-state index is 12.5. The van der Waals surface area contributed by atoms with Crippen molar-refractivity contribution in [3.63, 3.8) is 0 Å². The number of fused-ring (bicyclic) bond motifs is 1. The van der Waals surface area contributed by atoms with Crippen molar-refractivity contribution in [1.29, 1.82) is 0 Å². The minimum atomic E-state index is -0.842. The molecule has 1 aromatic carbocycles. The van der Waals surface area contributed by atoms with E-state index in [1.807, 2.05) is 45.0 Å². The van der Waals surface area contributed by atoms with E-state index in [9.17, 15) is 9.59 Å². The van der Waals surface area contributed by atoms with Crippen molar-refractivity contribution in [3.05, 3.63) is 29.8 Å². The van der Waals surface area contributed by atoms with Gasteiger partial charge in [-0.3, -0.25) is 9.69 Å². The summed E-state index contributed by atoms with van der Waals surface area (Å²) < 4.78 is 0. The molecule has 5 heteroatoms. The van der Waals surface area contributed by atoms with Crippen LogP contribution in [0.5, 0.6) is 0 Å². The van der Waals surface area contributed by atoms with E-state index < -0.39 is 5.97 Å². The summed E-state index contributed by atoms with van der Waals surface area (Å²) in [5.41, 5.74) is 1.47. The molecule has 1 heterocycles. The van der Waals surface area contributed by atoms with Crippen molar-refractivity contribution < 1.29 is 14.7 Å².